The Bertz CT molecular complexity index is 581. The van der Waals surface area contributed by atoms with Gasteiger partial charge in [-0.15, -0.1) is 0 Å². The summed E-state index contributed by atoms with van der Waals surface area (Å²) < 4.78 is 31.9. The van der Waals surface area contributed by atoms with E-state index < -0.39 is 11.6 Å². The molecule has 2 N–H and O–H groups in total. The van der Waals surface area contributed by atoms with Crippen LogP contribution in [-0.4, -0.2) is 5.16 Å². The van der Waals surface area contributed by atoms with Gasteiger partial charge in [0.2, 0.25) is 0 Å². The van der Waals surface area contributed by atoms with Gasteiger partial charge in [-0.05, 0) is 18.1 Å². The fourth-order valence-electron chi connectivity index (χ4n) is 1.92. The highest BCUT2D eigenvalue weighted by Gasteiger charge is 2.20. The number of halogens is 2. The van der Waals surface area contributed by atoms with Crippen molar-refractivity contribution < 1.29 is 13.3 Å². The Balaban J connectivity index is 2.46. The Hall–Kier alpha value is -1.91. The summed E-state index contributed by atoms with van der Waals surface area (Å²) in [6.45, 7) is 4.12. The van der Waals surface area contributed by atoms with Crippen molar-refractivity contribution in [2.24, 2.45) is 5.92 Å². The Kier molecular flexibility index (Phi) is 3.83. The minimum absolute atomic E-state index is 0.129. The number of nitrogens with two attached hydrogens (primary N) is 1. The van der Waals surface area contributed by atoms with Gasteiger partial charge < -0.3 is 10.3 Å². The Labute approximate surface area is 110 Å². The van der Waals surface area contributed by atoms with E-state index >= 15 is 0 Å². The van der Waals surface area contributed by atoms with Crippen LogP contribution in [0.15, 0.2) is 22.7 Å². The van der Waals surface area contributed by atoms with Crippen LogP contribution in [0.5, 0.6) is 0 Å². The summed E-state index contributed by atoms with van der Waals surface area (Å²) in [4.78, 5) is 0. The van der Waals surface area contributed by atoms with E-state index in [4.69, 9.17) is 10.3 Å². The molecule has 0 aliphatic rings. The van der Waals surface area contributed by atoms with Crippen molar-refractivity contribution in [1.29, 1.82) is 0 Å². The highest BCUT2D eigenvalue weighted by molar-refractivity contribution is 5.75. The van der Waals surface area contributed by atoms with Crippen LogP contribution in [0.1, 0.15) is 26.0 Å². The summed E-state index contributed by atoms with van der Waals surface area (Å²) in [6, 6.07) is 3.38. The summed E-state index contributed by atoms with van der Waals surface area (Å²) in [5, 5.41) is 3.69. The highest BCUT2D eigenvalue weighted by atomic mass is 19.1. The molecule has 0 spiro atoms. The van der Waals surface area contributed by atoms with Crippen LogP contribution < -0.4 is 5.73 Å². The minimum atomic E-state index is -0.666. The zero-order valence-electron chi connectivity index (χ0n) is 10.9. The van der Waals surface area contributed by atoms with Crippen LogP contribution in [0.25, 0.3) is 11.1 Å². The molecule has 1 heterocycles. The summed E-state index contributed by atoms with van der Waals surface area (Å²) in [5.41, 5.74) is 6.38. The molecule has 0 bridgehead atoms. The number of nitrogen functional groups attached to an aromatic ring is 1. The van der Waals surface area contributed by atoms with Crippen molar-refractivity contribution in [3.63, 3.8) is 0 Å². The second-order valence-corrected chi connectivity index (χ2v) is 4.71. The maximum Gasteiger partial charge on any atom is 0.175 e. The molecule has 19 heavy (non-hydrogen) atoms. The lowest BCUT2D eigenvalue weighted by atomic mass is 9.97. The van der Waals surface area contributed by atoms with Crippen molar-refractivity contribution >= 4 is 5.82 Å². The summed E-state index contributed by atoms with van der Waals surface area (Å²) in [7, 11) is 0. The molecule has 0 amide bonds. The standard InChI is InChI=1S/C14H16F2N2O/c1-3-8(2)6-12-13(14(17)18-19-12)10-5-4-9(15)7-11(10)16/h4-5,7-8H,3,6H2,1-2H3,(H2,17,18). The van der Waals surface area contributed by atoms with Crippen LogP contribution in [0.2, 0.25) is 0 Å². The second-order valence-electron chi connectivity index (χ2n) is 4.71. The Morgan fingerprint density at radius 3 is 2.74 bits per heavy atom. The fraction of sp³-hybridized carbons (Fsp3) is 0.357. The maximum atomic E-state index is 13.8. The van der Waals surface area contributed by atoms with Crippen LogP contribution >= 0.6 is 0 Å². The summed E-state index contributed by atoms with van der Waals surface area (Å²) in [5.74, 6) is -0.254. The average molecular weight is 266 g/mol. The van der Waals surface area contributed by atoms with Gasteiger partial charge in [-0.3, -0.25) is 0 Å². The summed E-state index contributed by atoms with van der Waals surface area (Å²) in [6.07, 6.45) is 1.58. The second kappa shape index (κ2) is 5.38. The quantitative estimate of drug-likeness (QED) is 0.916. The largest absolute Gasteiger partial charge is 0.380 e. The molecule has 1 atom stereocenters. The van der Waals surface area contributed by atoms with Crippen molar-refractivity contribution in [2.75, 3.05) is 5.73 Å². The van der Waals surface area contributed by atoms with Gasteiger partial charge in [0.15, 0.2) is 5.82 Å². The molecule has 1 unspecified atom stereocenters. The lowest BCUT2D eigenvalue weighted by Crippen LogP contribution is -2.00. The molecule has 2 rings (SSSR count). The number of aromatic nitrogens is 1. The predicted molar refractivity (Wildman–Crippen MR) is 69.4 cm³/mol. The zero-order valence-corrected chi connectivity index (χ0v) is 10.9. The van der Waals surface area contributed by atoms with Gasteiger partial charge in [0.05, 0.1) is 5.56 Å². The van der Waals surface area contributed by atoms with E-state index in [1.165, 1.54) is 12.1 Å². The molecule has 5 heteroatoms. The van der Waals surface area contributed by atoms with Crippen molar-refractivity contribution in [1.82, 2.24) is 5.16 Å². The molecule has 0 saturated heterocycles. The smallest absolute Gasteiger partial charge is 0.175 e. The monoisotopic (exact) mass is 266 g/mol. The van der Waals surface area contributed by atoms with Crippen molar-refractivity contribution in [3.8, 4) is 11.1 Å². The van der Waals surface area contributed by atoms with E-state index in [1.807, 2.05) is 0 Å². The van der Waals surface area contributed by atoms with Crippen LogP contribution in [0.3, 0.4) is 0 Å². The first-order valence-corrected chi connectivity index (χ1v) is 6.22. The van der Waals surface area contributed by atoms with Crippen molar-refractivity contribution in [3.05, 3.63) is 35.6 Å². The number of anilines is 1. The first-order valence-electron chi connectivity index (χ1n) is 6.22. The van der Waals surface area contributed by atoms with Crippen molar-refractivity contribution in [2.45, 2.75) is 26.7 Å². The van der Waals surface area contributed by atoms with Gasteiger partial charge in [0.1, 0.15) is 17.4 Å². The van der Waals surface area contributed by atoms with Crippen LogP contribution in [0, 0.1) is 17.6 Å². The topological polar surface area (TPSA) is 52.0 Å². The van der Waals surface area contributed by atoms with Gasteiger partial charge in [-0.1, -0.05) is 25.4 Å². The molecular formula is C14H16F2N2O. The first kappa shape index (κ1) is 13.5. The van der Waals surface area contributed by atoms with E-state index in [-0.39, 0.29) is 11.4 Å². The molecular weight excluding hydrogens is 250 g/mol. The van der Waals surface area contributed by atoms with E-state index in [2.05, 4.69) is 19.0 Å². The first-order chi connectivity index (χ1) is 9.02. The van der Waals surface area contributed by atoms with Crippen LogP contribution in [0.4, 0.5) is 14.6 Å². The molecule has 1 aromatic heterocycles. The lowest BCUT2D eigenvalue weighted by molar-refractivity contribution is 0.364. The molecule has 2 aromatic rings. The fourth-order valence-corrected chi connectivity index (χ4v) is 1.92. The number of hydrogen-bond acceptors (Lipinski definition) is 3. The SMILES string of the molecule is CCC(C)Cc1onc(N)c1-c1ccc(F)cc1F. The third-order valence-corrected chi connectivity index (χ3v) is 3.22. The maximum absolute atomic E-state index is 13.8. The molecule has 3 nitrogen and oxygen atoms in total. The number of benzene rings is 1. The number of rotatable bonds is 4. The Morgan fingerprint density at radius 2 is 2.11 bits per heavy atom. The van der Waals surface area contributed by atoms with Gasteiger partial charge >= 0.3 is 0 Å². The molecule has 1 aromatic carbocycles. The zero-order chi connectivity index (χ0) is 14.0. The molecule has 0 radical (unpaired) electrons. The van der Waals surface area contributed by atoms with Gasteiger partial charge in [0, 0.05) is 18.1 Å². The highest BCUT2D eigenvalue weighted by Crippen LogP contribution is 2.33. The van der Waals surface area contributed by atoms with E-state index in [1.54, 1.807) is 0 Å². The Morgan fingerprint density at radius 1 is 1.37 bits per heavy atom. The molecule has 0 fully saturated rings. The molecule has 0 saturated carbocycles. The molecule has 0 aliphatic carbocycles. The summed E-state index contributed by atoms with van der Waals surface area (Å²) >= 11 is 0. The minimum Gasteiger partial charge on any atom is -0.380 e. The third kappa shape index (κ3) is 2.75. The van der Waals surface area contributed by atoms with Gasteiger partial charge in [0.25, 0.3) is 0 Å². The van der Waals surface area contributed by atoms with Gasteiger partial charge in [-0.25, -0.2) is 8.78 Å². The number of hydrogen-bond donors (Lipinski definition) is 1. The third-order valence-electron chi connectivity index (χ3n) is 3.22. The van der Waals surface area contributed by atoms with E-state index in [0.29, 0.717) is 23.7 Å². The van der Waals surface area contributed by atoms with Crippen LogP contribution in [-0.2, 0) is 6.42 Å². The molecule has 0 aliphatic heterocycles. The molecule has 102 valence electrons. The van der Waals surface area contributed by atoms with Gasteiger partial charge in [-0.2, -0.15) is 0 Å². The predicted octanol–water partition coefficient (Wildman–Crippen LogP) is 3.79. The average Bonchev–Trinajstić information content (AvgIpc) is 2.71. The number of nitrogens with zero attached hydrogens (tertiary/aromatic N) is 1. The normalized spacial score (nSPS) is 12.6. The van der Waals surface area contributed by atoms with E-state index in [0.717, 1.165) is 12.5 Å². The lowest BCUT2D eigenvalue weighted by Gasteiger charge is -2.08. The van der Waals surface area contributed by atoms with E-state index in [9.17, 15) is 8.78 Å².